The number of hydrogen-bond donors (Lipinski definition) is 1. The number of allylic oxidation sites excluding steroid dienone is 2. The van der Waals surface area contributed by atoms with Gasteiger partial charge in [0.2, 0.25) is 0 Å². The summed E-state index contributed by atoms with van der Waals surface area (Å²) in [6, 6.07) is 38.1. The van der Waals surface area contributed by atoms with Crippen LogP contribution in [0, 0.1) is 0 Å². The van der Waals surface area contributed by atoms with Gasteiger partial charge in [0.25, 0.3) is 0 Å². The summed E-state index contributed by atoms with van der Waals surface area (Å²) in [6.45, 7) is 0. The van der Waals surface area contributed by atoms with Gasteiger partial charge in [-0.15, -0.1) is 0 Å². The third-order valence-electron chi connectivity index (χ3n) is 6.26. The van der Waals surface area contributed by atoms with Crippen molar-refractivity contribution in [2.45, 2.75) is 5.41 Å². The van der Waals surface area contributed by atoms with Gasteiger partial charge in [-0.3, -0.25) is 0 Å². The summed E-state index contributed by atoms with van der Waals surface area (Å²) in [6.07, 6.45) is 4.93. The predicted octanol–water partition coefficient (Wildman–Crippen LogP) is 6.89. The molecule has 1 nitrogen and oxygen atoms in total. The SMILES string of the molecule is Oc1cccc(C2=CC3(c4ccccc4)C=C(c4ccccc4)P2c2ccccc23)c1. The van der Waals surface area contributed by atoms with E-state index in [1.807, 2.05) is 12.1 Å². The fraction of sp³-hybridized carbons (Fsp3) is 0.0345. The summed E-state index contributed by atoms with van der Waals surface area (Å²) in [5, 5.41) is 14.3. The molecule has 3 aliphatic rings. The Morgan fingerprint density at radius 1 is 0.581 bits per heavy atom. The average molecular weight is 416 g/mol. The fourth-order valence-corrected chi connectivity index (χ4v) is 7.88. The van der Waals surface area contributed by atoms with E-state index >= 15 is 0 Å². The van der Waals surface area contributed by atoms with Crippen LogP contribution >= 0.6 is 7.92 Å². The minimum Gasteiger partial charge on any atom is -0.508 e. The molecule has 0 spiro atoms. The second-order valence-electron chi connectivity index (χ2n) is 8.06. The summed E-state index contributed by atoms with van der Waals surface area (Å²) in [5.74, 6) is 0.309. The van der Waals surface area contributed by atoms with Crippen LogP contribution in [0.15, 0.2) is 121 Å². The zero-order valence-electron chi connectivity index (χ0n) is 16.9. The number of aromatic hydroxyl groups is 1. The second-order valence-corrected chi connectivity index (χ2v) is 10.2. The first-order valence-corrected chi connectivity index (χ1v) is 11.9. The molecule has 3 aliphatic heterocycles. The lowest BCUT2D eigenvalue weighted by Crippen LogP contribution is -2.36. The van der Waals surface area contributed by atoms with E-state index in [-0.39, 0.29) is 5.41 Å². The van der Waals surface area contributed by atoms with Crippen LogP contribution in [0.5, 0.6) is 5.75 Å². The number of phenols is 1. The first kappa shape index (κ1) is 18.4. The zero-order valence-corrected chi connectivity index (χ0v) is 17.8. The van der Waals surface area contributed by atoms with Gasteiger partial charge in [0.1, 0.15) is 5.75 Å². The van der Waals surface area contributed by atoms with Gasteiger partial charge in [0.15, 0.2) is 0 Å². The van der Waals surface area contributed by atoms with Gasteiger partial charge < -0.3 is 5.11 Å². The van der Waals surface area contributed by atoms with Crippen molar-refractivity contribution >= 4 is 23.9 Å². The van der Waals surface area contributed by atoms with Crippen LogP contribution in [0.25, 0.3) is 10.6 Å². The van der Waals surface area contributed by atoms with Gasteiger partial charge in [-0.1, -0.05) is 109 Å². The zero-order chi connectivity index (χ0) is 20.8. The van der Waals surface area contributed by atoms with Crippen molar-refractivity contribution in [2.75, 3.05) is 0 Å². The molecule has 7 rings (SSSR count). The van der Waals surface area contributed by atoms with Crippen LogP contribution < -0.4 is 5.30 Å². The van der Waals surface area contributed by atoms with Gasteiger partial charge in [0.05, 0.1) is 5.41 Å². The third-order valence-corrected chi connectivity index (χ3v) is 8.87. The lowest BCUT2D eigenvalue weighted by Gasteiger charge is -2.46. The van der Waals surface area contributed by atoms with Crippen LogP contribution in [0.1, 0.15) is 22.3 Å². The topological polar surface area (TPSA) is 20.2 Å². The molecular formula is C29H21OP. The molecule has 2 heteroatoms. The van der Waals surface area contributed by atoms with Gasteiger partial charge in [-0.2, -0.15) is 0 Å². The van der Waals surface area contributed by atoms with E-state index in [0.717, 1.165) is 5.56 Å². The lowest BCUT2D eigenvalue weighted by atomic mass is 9.72. The summed E-state index contributed by atoms with van der Waals surface area (Å²) in [4.78, 5) is 0. The molecule has 2 bridgehead atoms. The van der Waals surface area contributed by atoms with E-state index < -0.39 is 7.92 Å². The van der Waals surface area contributed by atoms with Gasteiger partial charge in [-0.05, 0) is 58.2 Å². The standard InChI is InChI=1S/C29H21OP/c30-24-15-9-12-22(18-24)28-20-29(23-13-5-2-6-14-23)19-27(21-10-3-1-4-11-21)31(28)26-17-8-7-16-25(26)29/h1-20,30H. The fourth-order valence-electron chi connectivity index (χ4n) is 4.90. The van der Waals surface area contributed by atoms with E-state index in [2.05, 4.69) is 103 Å². The highest BCUT2D eigenvalue weighted by atomic mass is 31.1. The molecule has 0 fully saturated rings. The molecule has 2 atom stereocenters. The van der Waals surface area contributed by atoms with Crippen molar-refractivity contribution in [3.63, 3.8) is 0 Å². The Morgan fingerprint density at radius 2 is 1.19 bits per heavy atom. The highest BCUT2D eigenvalue weighted by Crippen LogP contribution is 2.69. The van der Waals surface area contributed by atoms with E-state index in [4.69, 9.17) is 0 Å². The maximum absolute atomic E-state index is 10.2. The first-order chi connectivity index (χ1) is 15.3. The summed E-state index contributed by atoms with van der Waals surface area (Å²) >= 11 is 0. The van der Waals surface area contributed by atoms with Crippen LogP contribution in [0.4, 0.5) is 0 Å². The lowest BCUT2D eigenvalue weighted by molar-refractivity contribution is 0.475. The molecule has 31 heavy (non-hydrogen) atoms. The van der Waals surface area contributed by atoms with Gasteiger partial charge >= 0.3 is 0 Å². The van der Waals surface area contributed by atoms with E-state index in [9.17, 15) is 5.11 Å². The molecular weight excluding hydrogens is 395 g/mol. The van der Waals surface area contributed by atoms with Crippen molar-refractivity contribution in [1.82, 2.24) is 0 Å². The Morgan fingerprint density at radius 3 is 1.94 bits per heavy atom. The monoisotopic (exact) mass is 416 g/mol. The summed E-state index contributed by atoms with van der Waals surface area (Å²) in [7, 11) is -0.722. The maximum atomic E-state index is 10.2. The highest BCUT2D eigenvalue weighted by molar-refractivity contribution is 7.84. The van der Waals surface area contributed by atoms with E-state index in [1.165, 1.54) is 32.6 Å². The summed E-state index contributed by atoms with van der Waals surface area (Å²) < 4.78 is 0. The van der Waals surface area contributed by atoms with Gasteiger partial charge in [0, 0.05) is 0 Å². The van der Waals surface area contributed by atoms with E-state index in [0.29, 0.717) is 5.75 Å². The normalized spacial score (nSPS) is 21.2. The van der Waals surface area contributed by atoms with Crippen LogP contribution in [0.2, 0.25) is 0 Å². The molecule has 0 saturated heterocycles. The Labute approximate surface area is 183 Å². The highest BCUT2D eigenvalue weighted by Gasteiger charge is 2.45. The maximum Gasteiger partial charge on any atom is 0.116 e. The third kappa shape index (κ3) is 2.81. The van der Waals surface area contributed by atoms with Crippen molar-refractivity contribution in [3.05, 3.63) is 144 Å². The Kier molecular flexibility index (Phi) is 4.19. The van der Waals surface area contributed by atoms with Gasteiger partial charge in [-0.25, -0.2) is 0 Å². The second kappa shape index (κ2) is 7.08. The number of benzene rings is 4. The number of rotatable bonds is 3. The molecule has 2 unspecified atom stereocenters. The Balaban J connectivity index is 1.70. The Bertz CT molecular complexity index is 1340. The minimum atomic E-state index is -0.722. The molecule has 0 saturated carbocycles. The minimum absolute atomic E-state index is 0.309. The van der Waals surface area contributed by atoms with Crippen molar-refractivity contribution in [3.8, 4) is 5.75 Å². The molecule has 4 aromatic carbocycles. The van der Waals surface area contributed by atoms with Crippen LogP contribution in [-0.2, 0) is 5.41 Å². The number of hydrogen-bond acceptors (Lipinski definition) is 1. The van der Waals surface area contributed by atoms with Crippen molar-refractivity contribution in [1.29, 1.82) is 0 Å². The smallest absolute Gasteiger partial charge is 0.116 e. The van der Waals surface area contributed by atoms with Crippen molar-refractivity contribution in [2.24, 2.45) is 0 Å². The number of phenolic OH excluding ortho intramolecular Hbond substituents is 1. The molecule has 0 aliphatic carbocycles. The molecule has 1 N–H and O–H groups in total. The predicted molar refractivity (Wildman–Crippen MR) is 131 cm³/mol. The summed E-state index contributed by atoms with van der Waals surface area (Å²) in [5.41, 5.74) is 4.68. The Hall–Kier alpha value is -3.41. The van der Waals surface area contributed by atoms with Crippen LogP contribution in [-0.4, -0.2) is 5.11 Å². The average Bonchev–Trinajstić information content (AvgIpc) is 2.85. The molecule has 4 aromatic rings. The molecule has 0 amide bonds. The quantitative estimate of drug-likeness (QED) is 0.360. The molecule has 148 valence electrons. The molecule has 0 radical (unpaired) electrons. The molecule has 0 aromatic heterocycles. The largest absolute Gasteiger partial charge is 0.508 e. The molecule has 3 heterocycles. The van der Waals surface area contributed by atoms with E-state index in [1.54, 1.807) is 6.07 Å². The van der Waals surface area contributed by atoms with Crippen molar-refractivity contribution < 1.29 is 5.11 Å². The van der Waals surface area contributed by atoms with Crippen LogP contribution in [0.3, 0.4) is 0 Å². The first-order valence-electron chi connectivity index (χ1n) is 10.5.